The van der Waals surface area contributed by atoms with E-state index in [0.29, 0.717) is 13.0 Å². The molecule has 1 saturated heterocycles. The number of nitrogens with two attached hydrogens (primary N) is 1. The molecule has 0 radical (unpaired) electrons. The van der Waals surface area contributed by atoms with Crippen molar-refractivity contribution in [2.45, 2.75) is 38.8 Å². The summed E-state index contributed by atoms with van der Waals surface area (Å²) in [6.45, 7) is 4.23. The molecule has 0 spiro atoms. The molecule has 0 aromatic rings. The highest BCUT2D eigenvalue weighted by molar-refractivity contribution is 7.91. The first-order valence-electron chi connectivity index (χ1n) is 5.88. The number of nitrogens with zero attached hydrogens (tertiary/aromatic N) is 1. The molecular weight excluding hydrogens is 242 g/mol. The quantitative estimate of drug-likeness (QED) is 0.396. The maximum atomic E-state index is 11.7. The van der Waals surface area contributed by atoms with Gasteiger partial charge < -0.3 is 0 Å². The van der Waals surface area contributed by atoms with Crippen molar-refractivity contribution in [3.8, 4) is 0 Å². The van der Waals surface area contributed by atoms with E-state index >= 15 is 0 Å². The molecule has 0 aliphatic carbocycles. The fourth-order valence-corrected chi connectivity index (χ4v) is 3.87. The van der Waals surface area contributed by atoms with E-state index in [1.165, 1.54) is 0 Å². The molecule has 1 aliphatic rings. The number of carbonyl (C=O) groups excluding carboxylic acids is 1. The summed E-state index contributed by atoms with van der Waals surface area (Å²) in [7, 11) is -2.95. The van der Waals surface area contributed by atoms with Crippen molar-refractivity contribution in [1.29, 1.82) is 0 Å². The van der Waals surface area contributed by atoms with E-state index in [4.69, 9.17) is 5.84 Å². The summed E-state index contributed by atoms with van der Waals surface area (Å²) in [5.41, 5.74) is 2.16. The molecule has 0 aromatic heterocycles. The molecule has 2 unspecified atom stereocenters. The molecule has 1 heterocycles. The average Bonchev–Trinajstić information content (AvgIpc) is 2.25. The Morgan fingerprint density at radius 3 is 2.71 bits per heavy atom. The Bertz CT molecular complexity index is 369. The molecule has 1 rings (SSSR count). The molecular formula is C10H21N3O3S. The first kappa shape index (κ1) is 14.4. The van der Waals surface area contributed by atoms with Gasteiger partial charge in [0.15, 0.2) is 9.84 Å². The van der Waals surface area contributed by atoms with Gasteiger partial charge in [0.1, 0.15) is 0 Å². The highest BCUT2D eigenvalue weighted by atomic mass is 32.2. The number of carbonyl (C=O) groups is 1. The van der Waals surface area contributed by atoms with Crippen molar-refractivity contribution in [2.24, 2.45) is 5.84 Å². The van der Waals surface area contributed by atoms with Gasteiger partial charge in [-0.25, -0.2) is 14.3 Å². The summed E-state index contributed by atoms with van der Waals surface area (Å²) >= 11 is 0. The van der Waals surface area contributed by atoms with Gasteiger partial charge in [0.05, 0.1) is 17.5 Å². The van der Waals surface area contributed by atoms with E-state index in [1.807, 2.05) is 18.7 Å². The fourth-order valence-electron chi connectivity index (χ4n) is 2.29. The molecule has 1 amide bonds. The van der Waals surface area contributed by atoms with Crippen LogP contribution in [-0.2, 0) is 14.6 Å². The Morgan fingerprint density at radius 1 is 1.59 bits per heavy atom. The SMILES string of the molecule is CCCC(C(=O)NN)N1CCS(=O)(=O)CC1C. The highest BCUT2D eigenvalue weighted by Crippen LogP contribution is 2.17. The van der Waals surface area contributed by atoms with Crippen molar-refractivity contribution < 1.29 is 13.2 Å². The van der Waals surface area contributed by atoms with Crippen molar-refractivity contribution in [3.63, 3.8) is 0 Å². The fraction of sp³-hybridized carbons (Fsp3) is 0.900. The summed E-state index contributed by atoms with van der Waals surface area (Å²) < 4.78 is 22.9. The first-order chi connectivity index (χ1) is 7.91. The van der Waals surface area contributed by atoms with E-state index in [2.05, 4.69) is 5.43 Å². The zero-order chi connectivity index (χ0) is 13.1. The number of nitrogens with one attached hydrogen (secondary N) is 1. The van der Waals surface area contributed by atoms with Crippen LogP contribution in [0.5, 0.6) is 0 Å². The van der Waals surface area contributed by atoms with E-state index < -0.39 is 9.84 Å². The van der Waals surface area contributed by atoms with Gasteiger partial charge in [-0.3, -0.25) is 15.1 Å². The molecule has 2 atom stereocenters. The van der Waals surface area contributed by atoms with E-state index in [9.17, 15) is 13.2 Å². The van der Waals surface area contributed by atoms with Crippen LogP contribution in [0.2, 0.25) is 0 Å². The number of hydrogen-bond acceptors (Lipinski definition) is 5. The van der Waals surface area contributed by atoms with Gasteiger partial charge in [0.2, 0.25) is 0 Å². The van der Waals surface area contributed by atoms with Gasteiger partial charge in [0.25, 0.3) is 5.91 Å². The molecule has 6 nitrogen and oxygen atoms in total. The molecule has 0 aromatic carbocycles. The van der Waals surface area contributed by atoms with Crippen molar-refractivity contribution in [3.05, 3.63) is 0 Å². The summed E-state index contributed by atoms with van der Waals surface area (Å²) in [6.07, 6.45) is 1.54. The number of amides is 1. The second kappa shape index (κ2) is 5.79. The number of hydrazine groups is 1. The summed E-state index contributed by atoms with van der Waals surface area (Å²) in [6, 6.07) is -0.460. The first-order valence-corrected chi connectivity index (χ1v) is 7.70. The summed E-state index contributed by atoms with van der Waals surface area (Å²) in [5.74, 6) is 5.16. The second-order valence-corrected chi connectivity index (χ2v) is 6.74. The number of sulfone groups is 1. The van der Waals surface area contributed by atoms with E-state index in [-0.39, 0.29) is 29.5 Å². The average molecular weight is 263 g/mol. The largest absolute Gasteiger partial charge is 0.293 e. The smallest absolute Gasteiger partial charge is 0.251 e. The van der Waals surface area contributed by atoms with E-state index in [0.717, 1.165) is 6.42 Å². The molecule has 3 N–H and O–H groups in total. The van der Waals surface area contributed by atoms with Crippen LogP contribution in [0.1, 0.15) is 26.7 Å². The molecule has 7 heteroatoms. The zero-order valence-electron chi connectivity index (χ0n) is 10.3. The van der Waals surface area contributed by atoms with Crippen LogP contribution in [-0.4, -0.2) is 49.4 Å². The highest BCUT2D eigenvalue weighted by Gasteiger charge is 2.35. The van der Waals surface area contributed by atoms with Gasteiger partial charge in [0, 0.05) is 12.6 Å². The van der Waals surface area contributed by atoms with Crippen molar-refractivity contribution in [1.82, 2.24) is 10.3 Å². The van der Waals surface area contributed by atoms with Crippen LogP contribution in [0.25, 0.3) is 0 Å². The van der Waals surface area contributed by atoms with E-state index in [1.54, 1.807) is 0 Å². The Kier molecular flexibility index (Phi) is 4.91. The molecule has 17 heavy (non-hydrogen) atoms. The normalized spacial score (nSPS) is 26.4. The van der Waals surface area contributed by atoms with Crippen molar-refractivity contribution in [2.75, 3.05) is 18.1 Å². The molecule has 0 bridgehead atoms. The topological polar surface area (TPSA) is 92.5 Å². The van der Waals surface area contributed by atoms with Crippen LogP contribution in [0.4, 0.5) is 0 Å². The lowest BCUT2D eigenvalue weighted by molar-refractivity contribution is -0.127. The lowest BCUT2D eigenvalue weighted by Crippen LogP contribution is -2.57. The third-order valence-corrected chi connectivity index (χ3v) is 4.92. The third-order valence-electron chi connectivity index (χ3n) is 3.13. The van der Waals surface area contributed by atoms with Crippen LogP contribution >= 0.6 is 0 Å². The van der Waals surface area contributed by atoms with Crippen molar-refractivity contribution >= 4 is 15.7 Å². The minimum Gasteiger partial charge on any atom is -0.293 e. The maximum absolute atomic E-state index is 11.7. The molecule has 1 fully saturated rings. The predicted molar refractivity (Wildman–Crippen MR) is 65.8 cm³/mol. The number of hydrogen-bond donors (Lipinski definition) is 2. The van der Waals surface area contributed by atoms with Gasteiger partial charge in [-0.05, 0) is 13.3 Å². The monoisotopic (exact) mass is 263 g/mol. The third kappa shape index (κ3) is 3.65. The summed E-state index contributed by atoms with van der Waals surface area (Å²) in [4.78, 5) is 13.6. The van der Waals surface area contributed by atoms with Gasteiger partial charge in [-0.2, -0.15) is 0 Å². The maximum Gasteiger partial charge on any atom is 0.251 e. The molecule has 1 aliphatic heterocycles. The van der Waals surface area contributed by atoms with Crippen LogP contribution < -0.4 is 11.3 Å². The minimum atomic E-state index is -2.95. The summed E-state index contributed by atoms with van der Waals surface area (Å²) in [5, 5.41) is 0. The second-order valence-electron chi connectivity index (χ2n) is 4.51. The molecule has 100 valence electrons. The Balaban J connectivity index is 2.78. The van der Waals surface area contributed by atoms with Gasteiger partial charge in [-0.1, -0.05) is 13.3 Å². The lowest BCUT2D eigenvalue weighted by atomic mass is 10.1. The lowest BCUT2D eigenvalue weighted by Gasteiger charge is -2.38. The number of rotatable bonds is 4. The van der Waals surface area contributed by atoms with Crippen LogP contribution in [0.15, 0.2) is 0 Å². The van der Waals surface area contributed by atoms with Gasteiger partial charge >= 0.3 is 0 Å². The standard InChI is InChI=1S/C10H21N3O3S/c1-3-4-9(10(14)12-11)13-5-6-17(15,16)7-8(13)2/h8-9H,3-7,11H2,1-2H3,(H,12,14). The van der Waals surface area contributed by atoms with Crippen LogP contribution in [0.3, 0.4) is 0 Å². The minimum absolute atomic E-state index is 0.116. The Labute approximate surface area is 102 Å². The zero-order valence-corrected chi connectivity index (χ0v) is 11.2. The molecule has 0 saturated carbocycles. The Morgan fingerprint density at radius 2 is 2.24 bits per heavy atom. The van der Waals surface area contributed by atoms with Gasteiger partial charge in [-0.15, -0.1) is 0 Å². The predicted octanol–water partition coefficient (Wildman–Crippen LogP) is -0.736. The van der Waals surface area contributed by atoms with Crippen LogP contribution in [0, 0.1) is 0 Å². The Hall–Kier alpha value is -0.660.